The van der Waals surface area contributed by atoms with Crippen molar-refractivity contribution < 1.29 is 14.4 Å². The summed E-state index contributed by atoms with van der Waals surface area (Å²) in [5, 5.41) is 1.87. The van der Waals surface area contributed by atoms with E-state index in [2.05, 4.69) is 6.08 Å². The number of likely N-dealkylation sites (tertiary alicyclic amines) is 1. The number of rotatable bonds is 4. The molecular weight excluding hydrogens is 396 g/mol. The molecule has 0 radical (unpaired) electrons. The van der Waals surface area contributed by atoms with Crippen molar-refractivity contribution in [3.8, 4) is 0 Å². The van der Waals surface area contributed by atoms with Gasteiger partial charge in [0.1, 0.15) is 6.04 Å². The Morgan fingerprint density at radius 2 is 1.83 bits per heavy atom. The summed E-state index contributed by atoms with van der Waals surface area (Å²) < 4.78 is 0. The van der Waals surface area contributed by atoms with E-state index < -0.39 is 17.9 Å². The first kappa shape index (κ1) is 19.2. The van der Waals surface area contributed by atoms with Gasteiger partial charge in [0.25, 0.3) is 0 Å². The topological polar surface area (TPSA) is 57.7 Å². The smallest absolute Gasteiger partial charge is 0.236 e. The lowest BCUT2D eigenvalue weighted by Crippen LogP contribution is -2.50. The van der Waals surface area contributed by atoms with Crippen molar-refractivity contribution in [2.24, 2.45) is 11.8 Å². The second-order valence-electron chi connectivity index (χ2n) is 8.41. The Hall–Kier alpha value is -2.73. The molecule has 1 aromatic heterocycles. The maximum absolute atomic E-state index is 13.7. The second kappa shape index (κ2) is 6.91. The van der Waals surface area contributed by atoms with Gasteiger partial charge < -0.3 is 4.90 Å². The molecule has 1 aromatic carbocycles. The van der Waals surface area contributed by atoms with E-state index in [-0.39, 0.29) is 29.7 Å². The number of Topliss-reactive ketones (excluding diaryl/α,β-unsaturated/α-hetero) is 1. The molecule has 0 aliphatic carbocycles. The highest BCUT2D eigenvalue weighted by molar-refractivity contribution is 7.12. The van der Waals surface area contributed by atoms with E-state index in [4.69, 9.17) is 0 Å². The highest BCUT2D eigenvalue weighted by Gasteiger charge is 2.64. The lowest BCUT2D eigenvalue weighted by molar-refractivity contribution is -0.142. The van der Waals surface area contributed by atoms with E-state index in [9.17, 15) is 14.4 Å². The molecule has 2 saturated heterocycles. The molecule has 2 fully saturated rings. The maximum Gasteiger partial charge on any atom is 0.236 e. The summed E-state index contributed by atoms with van der Waals surface area (Å²) >= 11 is 1.39. The summed E-state index contributed by atoms with van der Waals surface area (Å²) in [7, 11) is 0. The zero-order valence-electron chi connectivity index (χ0n) is 17.2. The van der Waals surface area contributed by atoms with Gasteiger partial charge in [0.15, 0.2) is 5.78 Å². The normalized spacial score (nSPS) is 28.2. The van der Waals surface area contributed by atoms with E-state index >= 15 is 0 Å². The Labute approximate surface area is 180 Å². The van der Waals surface area contributed by atoms with Gasteiger partial charge in [-0.25, -0.2) is 0 Å². The van der Waals surface area contributed by atoms with Gasteiger partial charge in [-0.15, -0.1) is 11.3 Å². The molecule has 0 N–H and O–H groups in total. The molecule has 2 aromatic rings. The van der Waals surface area contributed by atoms with Crippen LogP contribution in [0.1, 0.15) is 42.4 Å². The molecule has 4 heterocycles. The summed E-state index contributed by atoms with van der Waals surface area (Å²) in [6.07, 6.45) is 2.78. The number of anilines is 1. The lowest BCUT2D eigenvalue weighted by atomic mass is 9.86. The fourth-order valence-electron chi connectivity index (χ4n) is 5.30. The maximum atomic E-state index is 13.7. The molecule has 30 heavy (non-hydrogen) atoms. The first-order chi connectivity index (χ1) is 14.5. The summed E-state index contributed by atoms with van der Waals surface area (Å²) in [6.45, 7) is 5.91. The molecule has 3 aliphatic rings. The summed E-state index contributed by atoms with van der Waals surface area (Å²) in [4.78, 5) is 44.8. The van der Waals surface area contributed by atoms with Gasteiger partial charge in [-0.3, -0.25) is 19.3 Å². The Morgan fingerprint density at radius 1 is 1.10 bits per heavy atom. The van der Waals surface area contributed by atoms with Gasteiger partial charge in [-0.1, -0.05) is 37.3 Å². The minimum absolute atomic E-state index is 0.0718. The molecule has 0 saturated carbocycles. The van der Waals surface area contributed by atoms with E-state index in [0.717, 1.165) is 16.8 Å². The highest BCUT2D eigenvalue weighted by atomic mass is 32.1. The minimum Gasteiger partial charge on any atom is -0.352 e. The van der Waals surface area contributed by atoms with Crippen molar-refractivity contribution in [1.82, 2.24) is 4.90 Å². The van der Waals surface area contributed by atoms with Crippen LogP contribution in [0, 0.1) is 11.8 Å². The van der Waals surface area contributed by atoms with Gasteiger partial charge in [0, 0.05) is 17.3 Å². The van der Waals surface area contributed by atoms with Gasteiger partial charge >= 0.3 is 0 Å². The molecular formula is C24H24N2O3S. The average Bonchev–Trinajstić information content (AvgIpc) is 3.44. The number of thiophene rings is 1. The largest absolute Gasteiger partial charge is 0.352 e. The molecule has 154 valence electrons. The number of allylic oxidation sites excluding steroid dienone is 1. The Bertz CT molecular complexity index is 1070. The van der Waals surface area contributed by atoms with Crippen LogP contribution in [-0.4, -0.2) is 40.6 Å². The number of ketones is 1. The molecule has 3 aliphatic heterocycles. The molecule has 5 nitrogen and oxygen atoms in total. The first-order valence-corrected chi connectivity index (χ1v) is 11.3. The van der Waals surface area contributed by atoms with Gasteiger partial charge in [-0.05, 0) is 43.4 Å². The Balaban J connectivity index is 1.69. The van der Waals surface area contributed by atoms with Crippen molar-refractivity contribution in [1.29, 1.82) is 0 Å². The third-order valence-corrected chi connectivity index (χ3v) is 7.74. The molecule has 0 bridgehead atoms. The first-order valence-electron chi connectivity index (χ1n) is 10.5. The number of para-hydroxylation sites is 1. The molecule has 0 unspecified atom stereocenters. The monoisotopic (exact) mass is 420 g/mol. The minimum atomic E-state index is -0.672. The van der Waals surface area contributed by atoms with E-state index in [1.807, 2.05) is 61.4 Å². The number of benzene rings is 1. The van der Waals surface area contributed by atoms with Gasteiger partial charge in [0.05, 0.1) is 22.8 Å². The fourth-order valence-corrected chi connectivity index (χ4v) is 6.00. The Morgan fingerprint density at radius 3 is 2.53 bits per heavy atom. The molecule has 6 heteroatoms. The summed E-state index contributed by atoms with van der Waals surface area (Å²) in [6, 6.07) is 10.5. The lowest BCUT2D eigenvalue weighted by Gasteiger charge is -2.38. The van der Waals surface area contributed by atoms with Crippen molar-refractivity contribution >= 4 is 40.2 Å². The zero-order valence-corrected chi connectivity index (χ0v) is 18.1. The van der Waals surface area contributed by atoms with E-state index in [0.29, 0.717) is 11.3 Å². The van der Waals surface area contributed by atoms with Crippen LogP contribution in [0.3, 0.4) is 0 Å². The van der Waals surface area contributed by atoms with Crippen molar-refractivity contribution in [2.75, 3.05) is 4.90 Å². The third-order valence-electron chi connectivity index (χ3n) is 6.85. The SMILES string of the molecule is CC[C@@H](C)N1C(=O)[C@@H]2[C@H](C1=O)[C@H]1C=C(C)c3ccccc3N1[C@H]2C(=O)c1cccs1. The fraction of sp³-hybridized carbons (Fsp3) is 0.375. The number of hydrogen-bond acceptors (Lipinski definition) is 5. The second-order valence-corrected chi connectivity index (χ2v) is 9.35. The summed E-state index contributed by atoms with van der Waals surface area (Å²) in [5.74, 6) is -1.59. The number of imide groups is 1. The molecule has 5 rings (SSSR count). The van der Waals surface area contributed by atoms with Crippen LogP contribution in [0.15, 0.2) is 47.9 Å². The van der Waals surface area contributed by atoms with Gasteiger partial charge in [0.2, 0.25) is 11.8 Å². The molecule has 2 amide bonds. The van der Waals surface area contributed by atoms with Crippen LogP contribution in [0.4, 0.5) is 5.69 Å². The highest BCUT2D eigenvalue weighted by Crippen LogP contribution is 2.50. The molecule has 0 spiro atoms. The van der Waals surface area contributed by atoms with Crippen LogP contribution in [0.2, 0.25) is 0 Å². The number of fused-ring (bicyclic) bond motifs is 5. The van der Waals surface area contributed by atoms with Crippen LogP contribution in [-0.2, 0) is 9.59 Å². The zero-order chi connectivity index (χ0) is 21.2. The van der Waals surface area contributed by atoms with Crippen LogP contribution < -0.4 is 4.90 Å². The third kappa shape index (κ3) is 2.49. The number of nitrogens with zero attached hydrogens (tertiary/aromatic N) is 2. The van der Waals surface area contributed by atoms with Crippen molar-refractivity contribution in [3.63, 3.8) is 0 Å². The standard InChI is InChI=1S/C24H24N2O3S/c1-4-14(3)25-23(28)19-17-12-13(2)15-8-5-6-9-16(15)26(17)21(20(19)24(25)29)22(27)18-10-7-11-30-18/h5-12,14,17,19-21H,4H2,1-3H3/t14-,17-,19-,20-,21-/m1/s1. The van der Waals surface area contributed by atoms with Gasteiger partial charge in [-0.2, -0.15) is 0 Å². The van der Waals surface area contributed by atoms with Crippen LogP contribution in [0.25, 0.3) is 5.57 Å². The van der Waals surface area contributed by atoms with Crippen molar-refractivity contribution in [2.45, 2.75) is 45.3 Å². The van der Waals surface area contributed by atoms with E-state index in [1.165, 1.54) is 16.2 Å². The Kier molecular flexibility index (Phi) is 4.43. The van der Waals surface area contributed by atoms with Crippen LogP contribution in [0.5, 0.6) is 0 Å². The predicted molar refractivity (Wildman–Crippen MR) is 117 cm³/mol. The number of hydrogen-bond donors (Lipinski definition) is 0. The number of carbonyl (C=O) groups excluding carboxylic acids is 3. The average molecular weight is 421 g/mol. The predicted octanol–water partition coefficient (Wildman–Crippen LogP) is 4.00. The van der Waals surface area contributed by atoms with E-state index in [1.54, 1.807) is 6.07 Å². The molecule has 5 atom stereocenters. The number of amides is 2. The van der Waals surface area contributed by atoms with Crippen molar-refractivity contribution in [3.05, 3.63) is 58.3 Å². The quantitative estimate of drug-likeness (QED) is 0.554. The van der Waals surface area contributed by atoms with Crippen LogP contribution >= 0.6 is 11.3 Å². The summed E-state index contributed by atoms with van der Waals surface area (Å²) in [5.41, 5.74) is 3.07. The number of carbonyl (C=O) groups is 3.